The standard InChI is InChI=1S/C12H10ClN3O3/c13-7-3-1-2-6-8(7)15-16-9(6)14-10(17)12(4-5-12)11(18)19/h1-3H,4-5H2,(H,18,19)(H2,14,15,16,17). The first kappa shape index (κ1) is 12.0. The number of H-pyrrole nitrogens is 1. The molecule has 7 heteroatoms. The van der Waals surface area contributed by atoms with Crippen LogP contribution in [0.5, 0.6) is 0 Å². The number of amides is 1. The number of carbonyl (C=O) groups is 2. The fourth-order valence-corrected chi connectivity index (χ4v) is 2.21. The third-order valence-electron chi connectivity index (χ3n) is 3.37. The number of anilines is 1. The van der Waals surface area contributed by atoms with Gasteiger partial charge in [0.1, 0.15) is 5.41 Å². The van der Waals surface area contributed by atoms with E-state index in [1.54, 1.807) is 18.2 Å². The Balaban J connectivity index is 1.93. The van der Waals surface area contributed by atoms with Crippen LogP contribution in [-0.4, -0.2) is 27.2 Å². The third kappa shape index (κ3) is 1.76. The SMILES string of the molecule is O=C(O)C1(C(=O)Nc2n[nH]c3c(Cl)cccc23)CC1. The van der Waals surface area contributed by atoms with E-state index in [0.29, 0.717) is 34.6 Å². The van der Waals surface area contributed by atoms with Crippen molar-refractivity contribution < 1.29 is 14.7 Å². The Morgan fingerprint density at radius 2 is 2.16 bits per heavy atom. The monoisotopic (exact) mass is 279 g/mol. The van der Waals surface area contributed by atoms with Gasteiger partial charge in [-0.05, 0) is 25.0 Å². The maximum atomic E-state index is 12.0. The second kappa shape index (κ2) is 3.96. The average molecular weight is 280 g/mol. The lowest BCUT2D eigenvalue weighted by molar-refractivity contribution is -0.147. The molecule has 6 nitrogen and oxygen atoms in total. The summed E-state index contributed by atoms with van der Waals surface area (Å²) in [5.41, 5.74) is -0.677. The van der Waals surface area contributed by atoms with Gasteiger partial charge < -0.3 is 10.4 Å². The number of halogens is 1. The largest absolute Gasteiger partial charge is 0.480 e. The zero-order valence-electron chi connectivity index (χ0n) is 9.74. The van der Waals surface area contributed by atoms with Gasteiger partial charge in [0.2, 0.25) is 5.91 Å². The lowest BCUT2D eigenvalue weighted by atomic mass is 10.1. The molecule has 0 aliphatic heterocycles. The van der Waals surface area contributed by atoms with Crippen LogP contribution in [0, 0.1) is 5.41 Å². The van der Waals surface area contributed by atoms with Crippen LogP contribution < -0.4 is 5.32 Å². The van der Waals surface area contributed by atoms with E-state index in [1.807, 2.05) is 0 Å². The van der Waals surface area contributed by atoms with Gasteiger partial charge >= 0.3 is 5.97 Å². The molecule has 1 fully saturated rings. The van der Waals surface area contributed by atoms with Crippen molar-refractivity contribution >= 4 is 40.2 Å². The quantitative estimate of drug-likeness (QED) is 0.749. The fourth-order valence-electron chi connectivity index (χ4n) is 1.99. The van der Waals surface area contributed by atoms with Gasteiger partial charge in [0.05, 0.1) is 10.5 Å². The predicted molar refractivity (Wildman–Crippen MR) is 69.0 cm³/mol. The zero-order chi connectivity index (χ0) is 13.6. The summed E-state index contributed by atoms with van der Waals surface area (Å²) in [7, 11) is 0. The van der Waals surface area contributed by atoms with Gasteiger partial charge in [0, 0.05) is 5.39 Å². The van der Waals surface area contributed by atoms with Gasteiger partial charge in [-0.25, -0.2) is 0 Å². The van der Waals surface area contributed by atoms with Crippen molar-refractivity contribution in [1.82, 2.24) is 10.2 Å². The number of hydrogen-bond donors (Lipinski definition) is 3. The Bertz CT molecular complexity index is 691. The van der Waals surface area contributed by atoms with Crippen molar-refractivity contribution in [3.63, 3.8) is 0 Å². The fraction of sp³-hybridized carbons (Fsp3) is 0.250. The summed E-state index contributed by atoms with van der Waals surface area (Å²) < 4.78 is 0. The summed E-state index contributed by atoms with van der Waals surface area (Å²) in [6, 6.07) is 5.19. The highest BCUT2D eigenvalue weighted by Gasteiger charge is 2.57. The van der Waals surface area contributed by atoms with E-state index in [0.717, 1.165) is 0 Å². The molecule has 1 aromatic carbocycles. The van der Waals surface area contributed by atoms with Crippen LogP contribution in [0.2, 0.25) is 5.02 Å². The van der Waals surface area contributed by atoms with E-state index in [1.165, 1.54) is 0 Å². The van der Waals surface area contributed by atoms with E-state index in [2.05, 4.69) is 15.5 Å². The topological polar surface area (TPSA) is 95.1 Å². The number of nitrogens with zero attached hydrogens (tertiary/aromatic N) is 1. The molecule has 0 atom stereocenters. The maximum absolute atomic E-state index is 12.0. The molecule has 1 heterocycles. The molecule has 1 aromatic heterocycles. The van der Waals surface area contributed by atoms with Crippen LogP contribution in [0.4, 0.5) is 5.82 Å². The van der Waals surface area contributed by atoms with Gasteiger partial charge in [-0.2, -0.15) is 5.10 Å². The number of fused-ring (bicyclic) bond motifs is 1. The third-order valence-corrected chi connectivity index (χ3v) is 3.69. The molecule has 0 radical (unpaired) electrons. The van der Waals surface area contributed by atoms with E-state index in [-0.39, 0.29) is 0 Å². The molecule has 0 saturated heterocycles. The summed E-state index contributed by atoms with van der Waals surface area (Å²) >= 11 is 5.98. The minimum atomic E-state index is -1.29. The second-order valence-corrected chi connectivity index (χ2v) is 4.98. The number of aromatic nitrogens is 2. The summed E-state index contributed by atoms with van der Waals surface area (Å²) in [5, 5.41) is 19.4. The molecule has 2 aromatic rings. The van der Waals surface area contributed by atoms with E-state index < -0.39 is 17.3 Å². The van der Waals surface area contributed by atoms with Gasteiger partial charge in [0.15, 0.2) is 5.82 Å². The van der Waals surface area contributed by atoms with E-state index in [9.17, 15) is 9.59 Å². The van der Waals surface area contributed by atoms with Crippen molar-refractivity contribution in [2.75, 3.05) is 5.32 Å². The molecule has 19 heavy (non-hydrogen) atoms. The Kier molecular flexibility index (Phi) is 2.50. The zero-order valence-corrected chi connectivity index (χ0v) is 10.5. The molecule has 0 spiro atoms. The maximum Gasteiger partial charge on any atom is 0.319 e. The molecule has 1 aliphatic rings. The Labute approximate surface area is 112 Å². The second-order valence-electron chi connectivity index (χ2n) is 4.58. The summed E-state index contributed by atoms with van der Waals surface area (Å²) in [6.45, 7) is 0. The van der Waals surface area contributed by atoms with E-state index >= 15 is 0 Å². The molecular formula is C12H10ClN3O3. The summed E-state index contributed by atoms with van der Waals surface area (Å²) in [4.78, 5) is 23.0. The van der Waals surface area contributed by atoms with Crippen LogP contribution >= 0.6 is 11.6 Å². The lowest BCUT2D eigenvalue weighted by Gasteiger charge is -2.08. The first-order valence-corrected chi connectivity index (χ1v) is 6.10. The minimum Gasteiger partial charge on any atom is -0.480 e. The molecule has 1 saturated carbocycles. The Morgan fingerprint density at radius 3 is 2.79 bits per heavy atom. The molecule has 0 unspecified atom stereocenters. The number of nitrogens with one attached hydrogen (secondary N) is 2. The molecule has 0 bridgehead atoms. The number of carbonyl (C=O) groups excluding carboxylic acids is 1. The van der Waals surface area contributed by atoms with Gasteiger partial charge in [-0.1, -0.05) is 17.7 Å². The smallest absolute Gasteiger partial charge is 0.319 e. The number of aliphatic carboxylic acids is 1. The van der Waals surface area contributed by atoms with Gasteiger partial charge in [-0.15, -0.1) is 0 Å². The van der Waals surface area contributed by atoms with Crippen molar-refractivity contribution in [2.24, 2.45) is 5.41 Å². The number of carboxylic acids is 1. The normalized spacial score (nSPS) is 16.3. The molecule has 1 aliphatic carbocycles. The Morgan fingerprint density at radius 1 is 1.42 bits per heavy atom. The van der Waals surface area contributed by atoms with Gasteiger partial charge in [0.25, 0.3) is 0 Å². The van der Waals surface area contributed by atoms with Crippen LogP contribution in [0.3, 0.4) is 0 Å². The Hall–Kier alpha value is -2.08. The number of carboxylic acid groups (broad SMARTS) is 1. The van der Waals surface area contributed by atoms with Crippen LogP contribution in [0.15, 0.2) is 18.2 Å². The lowest BCUT2D eigenvalue weighted by Crippen LogP contribution is -2.31. The molecule has 1 amide bonds. The first-order valence-electron chi connectivity index (χ1n) is 5.72. The van der Waals surface area contributed by atoms with Crippen molar-refractivity contribution in [1.29, 1.82) is 0 Å². The summed E-state index contributed by atoms with van der Waals surface area (Å²) in [6.07, 6.45) is 0.717. The predicted octanol–water partition coefficient (Wildman–Crippen LogP) is 2.02. The van der Waals surface area contributed by atoms with E-state index in [4.69, 9.17) is 16.7 Å². The number of para-hydroxylation sites is 1. The number of benzene rings is 1. The summed E-state index contributed by atoms with van der Waals surface area (Å²) in [5.74, 6) is -1.33. The van der Waals surface area contributed by atoms with Crippen molar-refractivity contribution in [2.45, 2.75) is 12.8 Å². The number of hydrogen-bond acceptors (Lipinski definition) is 3. The molecule has 98 valence electrons. The highest BCUT2D eigenvalue weighted by molar-refractivity contribution is 6.35. The van der Waals surface area contributed by atoms with Crippen LogP contribution in [0.1, 0.15) is 12.8 Å². The highest BCUT2D eigenvalue weighted by Crippen LogP contribution is 2.47. The number of aromatic amines is 1. The first-order chi connectivity index (χ1) is 9.04. The molecule has 3 rings (SSSR count). The molecular weight excluding hydrogens is 270 g/mol. The number of rotatable bonds is 3. The average Bonchev–Trinajstić information content (AvgIpc) is 3.09. The minimum absolute atomic E-state index is 0.301. The molecule has 3 N–H and O–H groups in total. The highest BCUT2D eigenvalue weighted by atomic mass is 35.5. The van der Waals surface area contributed by atoms with Crippen molar-refractivity contribution in [3.8, 4) is 0 Å². The van der Waals surface area contributed by atoms with Crippen molar-refractivity contribution in [3.05, 3.63) is 23.2 Å². The van der Waals surface area contributed by atoms with Crippen LogP contribution in [0.25, 0.3) is 10.9 Å². The van der Waals surface area contributed by atoms with Gasteiger partial charge in [-0.3, -0.25) is 14.7 Å². The van der Waals surface area contributed by atoms with Crippen LogP contribution in [-0.2, 0) is 9.59 Å².